The molecule has 3 heteroatoms. The number of rotatable bonds is 10. The quantitative estimate of drug-likeness (QED) is 0.168. The fraction of sp³-hybridized carbons (Fsp3) is 0.444. The smallest absolute Gasteiger partial charge is 0.146 e. The highest BCUT2D eigenvalue weighted by atomic mass is 31.1. The van der Waals surface area contributed by atoms with Gasteiger partial charge in [-0.25, -0.2) is 0 Å². The lowest BCUT2D eigenvalue weighted by Crippen LogP contribution is -2.24. The predicted molar refractivity (Wildman–Crippen MR) is 131 cm³/mol. The number of hydrogen-bond acceptors (Lipinski definition) is 2. The van der Waals surface area contributed by atoms with Gasteiger partial charge >= 0.3 is 0 Å². The Bertz CT molecular complexity index is 858. The molecule has 2 nitrogen and oxygen atoms in total. The molecule has 0 radical (unpaired) electrons. The molecule has 0 heterocycles. The van der Waals surface area contributed by atoms with Crippen molar-refractivity contribution < 1.29 is 9.53 Å². The van der Waals surface area contributed by atoms with E-state index in [1.807, 2.05) is 0 Å². The van der Waals surface area contributed by atoms with Crippen molar-refractivity contribution in [1.29, 1.82) is 0 Å². The molecule has 30 heavy (non-hydrogen) atoms. The van der Waals surface area contributed by atoms with E-state index in [1.54, 1.807) is 7.11 Å². The van der Waals surface area contributed by atoms with Crippen LogP contribution >= 0.6 is 8.58 Å². The summed E-state index contributed by atoms with van der Waals surface area (Å²) >= 11 is 0. The first-order chi connectivity index (χ1) is 14.4. The molecule has 0 saturated carbocycles. The first kappa shape index (κ1) is 24.4. The first-order valence-electron chi connectivity index (χ1n) is 11.0. The number of carbonyl (C=O) groups excluding carboxylic acids is 1. The molecule has 0 fully saturated rings. The Balaban J connectivity index is 2.49. The van der Waals surface area contributed by atoms with E-state index < -0.39 is 0 Å². The molecule has 0 aromatic heterocycles. The normalized spacial score (nSPS) is 18.2. The second-order valence-electron chi connectivity index (χ2n) is 8.11. The van der Waals surface area contributed by atoms with Crippen molar-refractivity contribution >= 4 is 14.9 Å². The molecule has 162 valence electrons. The van der Waals surface area contributed by atoms with Gasteiger partial charge in [0.1, 0.15) is 12.0 Å². The van der Waals surface area contributed by atoms with Gasteiger partial charge in [-0.05, 0) is 73.5 Å². The minimum absolute atomic E-state index is 0.0762. The van der Waals surface area contributed by atoms with Crippen molar-refractivity contribution in [2.45, 2.75) is 71.9 Å². The zero-order valence-corrected chi connectivity index (χ0v) is 20.5. The molecule has 1 aliphatic rings. The molecule has 2 rings (SSSR count). The van der Waals surface area contributed by atoms with Crippen LogP contribution in [0.2, 0.25) is 0 Å². The Hall–Kier alpha value is -1.92. The topological polar surface area (TPSA) is 26.3 Å². The molecule has 0 amide bonds. The summed E-state index contributed by atoms with van der Waals surface area (Å²) in [6.45, 7) is 11.0. The molecular formula is C27H37O2P. The van der Waals surface area contributed by atoms with Crippen LogP contribution in [0.15, 0.2) is 75.8 Å². The second kappa shape index (κ2) is 11.5. The van der Waals surface area contributed by atoms with E-state index in [2.05, 4.69) is 77.1 Å². The highest BCUT2D eigenvalue weighted by Crippen LogP contribution is 2.53. The maximum atomic E-state index is 11.7. The van der Waals surface area contributed by atoms with Crippen molar-refractivity contribution in [3.63, 3.8) is 0 Å². The van der Waals surface area contributed by atoms with E-state index in [9.17, 15) is 4.79 Å². The van der Waals surface area contributed by atoms with Crippen molar-refractivity contribution in [2.75, 3.05) is 7.11 Å². The Labute approximate surface area is 185 Å². The van der Waals surface area contributed by atoms with Crippen LogP contribution in [0.1, 0.15) is 65.9 Å². The third kappa shape index (κ3) is 5.61. The van der Waals surface area contributed by atoms with Gasteiger partial charge in [0, 0.05) is 10.7 Å². The Morgan fingerprint density at radius 3 is 2.47 bits per heavy atom. The number of carbonyl (C=O) groups is 1. The summed E-state index contributed by atoms with van der Waals surface area (Å²) < 4.78 is 6.06. The number of ether oxygens (including phenoxy) is 1. The standard InChI is InChI=1S/C27H37O2P/c1-7-22(18-21-15-11-10-12-16-21)25(29-6)24(8-2)27(5,9-3)30-26-20(4)14-13-17-23(26)19-28/h8,10-12,14-16,19,30H,7,9,13,17-18H2,1-6H3/b24-8+,25-22-. The fourth-order valence-corrected chi connectivity index (χ4v) is 5.96. The monoisotopic (exact) mass is 424 g/mol. The van der Waals surface area contributed by atoms with Crippen LogP contribution in [-0.4, -0.2) is 18.6 Å². The number of aldehydes is 1. The van der Waals surface area contributed by atoms with Crippen LogP contribution in [0.4, 0.5) is 0 Å². The SMILES string of the molecule is C/C=C(\C(OC)=C(/CC)Cc1ccccc1)C(C)(CC)PC1=C(C=O)CCC=C1C. The van der Waals surface area contributed by atoms with E-state index in [-0.39, 0.29) is 5.16 Å². The van der Waals surface area contributed by atoms with Crippen molar-refractivity contribution in [3.8, 4) is 0 Å². The maximum Gasteiger partial charge on any atom is 0.146 e. The summed E-state index contributed by atoms with van der Waals surface area (Å²) in [4.78, 5) is 11.7. The Morgan fingerprint density at radius 1 is 1.23 bits per heavy atom. The number of methoxy groups -OCH3 is 1. The highest BCUT2D eigenvalue weighted by molar-refractivity contribution is 7.45. The summed E-state index contributed by atoms with van der Waals surface area (Å²) in [6.07, 6.45) is 10.2. The van der Waals surface area contributed by atoms with Crippen molar-refractivity contribution in [3.05, 3.63) is 81.4 Å². The van der Waals surface area contributed by atoms with Gasteiger partial charge < -0.3 is 4.74 Å². The van der Waals surface area contributed by atoms with Crippen molar-refractivity contribution in [2.24, 2.45) is 0 Å². The lowest BCUT2D eigenvalue weighted by molar-refractivity contribution is -0.105. The van der Waals surface area contributed by atoms with Crippen LogP contribution in [0.25, 0.3) is 0 Å². The number of benzene rings is 1. The van der Waals surface area contributed by atoms with Gasteiger partial charge in [-0.1, -0.05) is 71.8 Å². The number of hydrogen-bond donors (Lipinski definition) is 0. The third-order valence-corrected chi connectivity index (χ3v) is 8.31. The Morgan fingerprint density at radius 2 is 1.93 bits per heavy atom. The maximum absolute atomic E-state index is 11.7. The molecule has 1 aromatic rings. The fourth-order valence-electron chi connectivity index (χ4n) is 4.20. The van der Waals surface area contributed by atoms with Crippen LogP contribution in [-0.2, 0) is 16.0 Å². The average molecular weight is 425 g/mol. The number of allylic oxidation sites excluding steroid dienone is 7. The molecule has 0 spiro atoms. The molecule has 2 atom stereocenters. The van der Waals surface area contributed by atoms with E-state index >= 15 is 0 Å². The largest absolute Gasteiger partial charge is 0.496 e. The minimum atomic E-state index is -0.0762. The third-order valence-electron chi connectivity index (χ3n) is 6.17. The van der Waals surface area contributed by atoms with Gasteiger partial charge in [-0.3, -0.25) is 4.79 Å². The molecule has 0 saturated heterocycles. The van der Waals surface area contributed by atoms with E-state index in [0.717, 1.165) is 49.7 Å². The molecule has 0 N–H and O–H groups in total. The van der Waals surface area contributed by atoms with Crippen LogP contribution in [0.5, 0.6) is 0 Å². The Kier molecular flexibility index (Phi) is 9.31. The van der Waals surface area contributed by atoms with Crippen molar-refractivity contribution in [1.82, 2.24) is 0 Å². The summed E-state index contributed by atoms with van der Waals surface area (Å²) in [7, 11) is 2.33. The van der Waals surface area contributed by atoms with Gasteiger partial charge in [0.2, 0.25) is 0 Å². The first-order valence-corrected chi connectivity index (χ1v) is 12.0. The molecule has 1 aromatic carbocycles. The van der Waals surface area contributed by atoms with E-state index in [1.165, 1.54) is 27.6 Å². The summed E-state index contributed by atoms with van der Waals surface area (Å²) in [5.74, 6) is 1.02. The van der Waals surface area contributed by atoms with Gasteiger partial charge in [-0.2, -0.15) is 0 Å². The lowest BCUT2D eigenvalue weighted by atomic mass is 9.90. The second-order valence-corrected chi connectivity index (χ2v) is 9.96. The van der Waals surface area contributed by atoms with Gasteiger partial charge in [-0.15, -0.1) is 0 Å². The van der Waals surface area contributed by atoms with Crippen LogP contribution in [0.3, 0.4) is 0 Å². The summed E-state index contributed by atoms with van der Waals surface area (Å²) in [5, 5.41) is 1.17. The predicted octanol–water partition coefficient (Wildman–Crippen LogP) is 7.53. The highest BCUT2D eigenvalue weighted by Gasteiger charge is 2.33. The van der Waals surface area contributed by atoms with Crippen LogP contribution < -0.4 is 0 Å². The average Bonchev–Trinajstić information content (AvgIpc) is 2.77. The zero-order valence-electron chi connectivity index (χ0n) is 19.5. The minimum Gasteiger partial charge on any atom is -0.496 e. The van der Waals surface area contributed by atoms with Gasteiger partial charge in [0.25, 0.3) is 0 Å². The van der Waals surface area contributed by atoms with E-state index in [0.29, 0.717) is 8.58 Å². The van der Waals surface area contributed by atoms with E-state index in [4.69, 9.17) is 4.74 Å². The molecule has 0 bridgehead atoms. The zero-order chi connectivity index (χ0) is 22.1. The molecule has 0 aliphatic heterocycles. The molecule has 2 unspecified atom stereocenters. The van der Waals surface area contributed by atoms with Crippen LogP contribution in [0, 0.1) is 0 Å². The molecular weight excluding hydrogens is 387 g/mol. The van der Waals surface area contributed by atoms with Gasteiger partial charge in [0.15, 0.2) is 0 Å². The summed E-state index contributed by atoms with van der Waals surface area (Å²) in [6, 6.07) is 10.6. The molecule has 1 aliphatic carbocycles. The lowest BCUT2D eigenvalue weighted by Gasteiger charge is -2.35. The van der Waals surface area contributed by atoms with Gasteiger partial charge in [0.05, 0.1) is 7.11 Å². The summed E-state index contributed by atoms with van der Waals surface area (Å²) in [5.41, 5.74) is 6.12.